The summed E-state index contributed by atoms with van der Waals surface area (Å²) >= 11 is 0. The number of nitrogens with zero attached hydrogens (tertiary/aromatic N) is 1. The van der Waals surface area contributed by atoms with Crippen LogP contribution in [-0.4, -0.2) is 30.0 Å². The van der Waals surface area contributed by atoms with Crippen LogP contribution in [0.2, 0.25) is 0 Å². The molecule has 0 aromatic heterocycles. The molecule has 2 atom stereocenters. The minimum Gasteiger partial charge on any atom is -0.370 e. The predicted molar refractivity (Wildman–Crippen MR) is 71.1 cm³/mol. The van der Waals surface area contributed by atoms with E-state index in [1.54, 1.807) is 0 Å². The Morgan fingerprint density at radius 1 is 1.33 bits per heavy atom. The molecular formula is C15H21NO2. The van der Waals surface area contributed by atoms with Crippen LogP contribution in [0.3, 0.4) is 0 Å². The van der Waals surface area contributed by atoms with Crippen LogP contribution in [0, 0.1) is 5.92 Å². The van der Waals surface area contributed by atoms with Crippen LogP contribution in [0.4, 0.5) is 0 Å². The van der Waals surface area contributed by atoms with Gasteiger partial charge in [0.2, 0.25) is 5.91 Å². The van der Waals surface area contributed by atoms with Crippen molar-refractivity contribution >= 4 is 5.91 Å². The lowest BCUT2D eigenvalue weighted by Gasteiger charge is -2.40. The fourth-order valence-electron chi connectivity index (χ4n) is 2.44. The fourth-order valence-corrected chi connectivity index (χ4v) is 2.44. The van der Waals surface area contributed by atoms with Crippen molar-refractivity contribution in [3.05, 3.63) is 35.9 Å². The van der Waals surface area contributed by atoms with Crippen LogP contribution in [0.1, 0.15) is 32.4 Å². The van der Waals surface area contributed by atoms with Gasteiger partial charge in [-0.1, -0.05) is 44.2 Å². The minimum absolute atomic E-state index is 0.0114. The molecule has 3 nitrogen and oxygen atoms in total. The summed E-state index contributed by atoms with van der Waals surface area (Å²) in [5.74, 6) is 0.258. The smallest absolute Gasteiger partial charge is 0.225 e. The highest BCUT2D eigenvalue weighted by Crippen LogP contribution is 2.28. The molecule has 1 saturated heterocycles. The van der Waals surface area contributed by atoms with E-state index in [0.29, 0.717) is 13.2 Å². The molecule has 0 saturated carbocycles. The number of hydrogen-bond donors (Lipinski definition) is 0. The van der Waals surface area contributed by atoms with Gasteiger partial charge in [-0.3, -0.25) is 4.79 Å². The highest BCUT2D eigenvalue weighted by molar-refractivity contribution is 5.78. The molecule has 1 aliphatic heterocycles. The van der Waals surface area contributed by atoms with Crippen molar-refractivity contribution in [3.8, 4) is 0 Å². The fraction of sp³-hybridized carbons (Fsp3) is 0.533. The summed E-state index contributed by atoms with van der Waals surface area (Å²) in [5, 5.41) is 0. The first-order chi connectivity index (χ1) is 8.61. The van der Waals surface area contributed by atoms with Gasteiger partial charge in [0.1, 0.15) is 6.10 Å². The van der Waals surface area contributed by atoms with Crippen molar-refractivity contribution in [2.45, 2.75) is 32.9 Å². The van der Waals surface area contributed by atoms with Gasteiger partial charge in [-0.15, -0.1) is 0 Å². The third-order valence-corrected chi connectivity index (χ3v) is 3.46. The standard InChI is InChI=1S/C15H21NO2/c1-11(2)15(17)16-9-10-18-14(12(16)3)13-7-5-4-6-8-13/h4-8,11-12,14H,9-10H2,1-3H3. The molecule has 1 amide bonds. The van der Waals surface area contributed by atoms with Crippen molar-refractivity contribution < 1.29 is 9.53 Å². The summed E-state index contributed by atoms with van der Waals surface area (Å²) in [4.78, 5) is 14.1. The number of morpholine rings is 1. The maximum Gasteiger partial charge on any atom is 0.225 e. The van der Waals surface area contributed by atoms with Crippen molar-refractivity contribution in [1.82, 2.24) is 4.90 Å². The van der Waals surface area contributed by atoms with Crippen LogP contribution in [0.25, 0.3) is 0 Å². The zero-order chi connectivity index (χ0) is 13.1. The molecule has 1 aliphatic rings. The zero-order valence-electron chi connectivity index (χ0n) is 11.3. The number of hydrogen-bond acceptors (Lipinski definition) is 2. The molecule has 98 valence electrons. The van der Waals surface area contributed by atoms with E-state index in [-0.39, 0.29) is 24.0 Å². The van der Waals surface area contributed by atoms with E-state index in [4.69, 9.17) is 4.74 Å². The second-order valence-electron chi connectivity index (χ2n) is 5.13. The summed E-state index contributed by atoms with van der Waals surface area (Å²) < 4.78 is 5.84. The van der Waals surface area contributed by atoms with E-state index < -0.39 is 0 Å². The molecule has 1 fully saturated rings. The van der Waals surface area contributed by atoms with Crippen molar-refractivity contribution in [2.24, 2.45) is 5.92 Å². The molecule has 18 heavy (non-hydrogen) atoms. The Bertz CT molecular complexity index is 402. The topological polar surface area (TPSA) is 29.5 Å². The molecule has 1 heterocycles. The molecule has 0 bridgehead atoms. The second kappa shape index (κ2) is 5.53. The van der Waals surface area contributed by atoms with Crippen molar-refractivity contribution in [1.29, 1.82) is 0 Å². The Morgan fingerprint density at radius 3 is 2.61 bits per heavy atom. The Hall–Kier alpha value is -1.35. The Balaban J connectivity index is 2.17. The number of carbonyl (C=O) groups is 1. The molecule has 1 aromatic rings. The van der Waals surface area contributed by atoms with E-state index in [1.165, 1.54) is 0 Å². The van der Waals surface area contributed by atoms with E-state index in [2.05, 4.69) is 19.1 Å². The number of rotatable bonds is 2. The van der Waals surface area contributed by atoms with Crippen LogP contribution in [0.5, 0.6) is 0 Å². The molecule has 0 spiro atoms. The van der Waals surface area contributed by atoms with E-state index in [1.807, 2.05) is 36.9 Å². The SMILES string of the molecule is CC(C)C(=O)N1CCOC(c2ccccc2)C1C. The molecule has 1 aromatic carbocycles. The largest absolute Gasteiger partial charge is 0.370 e. The summed E-state index contributed by atoms with van der Waals surface area (Å²) in [5.41, 5.74) is 1.14. The van der Waals surface area contributed by atoms with Crippen LogP contribution >= 0.6 is 0 Å². The molecular weight excluding hydrogens is 226 g/mol. The van der Waals surface area contributed by atoms with Gasteiger partial charge in [-0.2, -0.15) is 0 Å². The number of carbonyl (C=O) groups excluding carboxylic acids is 1. The summed E-state index contributed by atoms with van der Waals surface area (Å²) in [6, 6.07) is 10.2. The van der Waals surface area contributed by atoms with Crippen LogP contribution in [-0.2, 0) is 9.53 Å². The molecule has 2 rings (SSSR count). The lowest BCUT2D eigenvalue weighted by Crippen LogP contribution is -2.50. The molecule has 0 N–H and O–H groups in total. The molecule has 3 heteroatoms. The van der Waals surface area contributed by atoms with Crippen molar-refractivity contribution in [3.63, 3.8) is 0 Å². The van der Waals surface area contributed by atoms with Gasteiger partial charge >= 0.3 is 0 Å². The first kappa shape index (κ1) is 13.1. The number of ether oxygens (including phenoxy) is 1. The van der Waals surface area contributed by atoms with Gasteiger partial charge in [0.05, 0.1) is 12.6 Å². The lowest BCUT2D eigenvalue weighted by atomic mass is 9.99. The molecule has 0 aliphatic carbocycles. The summed E-state index contributed by atoms with van der Waals surface area (Å²) in [7, 11) is 0. The predicted octanol–water partition coefficient (Wildman–Crippen LogP) is 2.63. The number of benzene rings is 1. The lowest BCUT2D eigenvalue weighted by molar-refractivity contribution is -0.148. The van der Waals surface area contributed by atoms with Gasteiger partial charge in [-0.25, -0.2) is 0 Å². The second-order valence-corrected chi connectivity index (χ2v) is 5.13. The van der Waals surface area contributed by atoms with Crippen LogP contribution in [0.15, 0.2) is 30.3 Å². The van der Waals surface area contributed by atoms with Crippen molar-refractivity contribution in [2.75, 3.05) is 13.2 Å². The average Bonchev–Trinajstić information content (AvgIpc) is 2.39. The van der Waals surface area contributed by atoms with Crippen LogP contribution < -0.4 is 0 Å². The van der Waals surface area contributed by atoms with E-state index in [9.17, 15) is 4.79 Å². The monoisotopic (exact) mass is 247 g/mol. The highest BCUT2D eigenvalue weighted by Gasteiger charge is 2.33. The van der Waals surface area contributed by atoms with Gasteiger partial charge in [0.25, 0.3) is 0 Å². The van der Waals surface area contributed by atoms with E-state index in [0.717, 1.165) is 5.56 Å². The van der Waals surface area contributed by atoms with Gasteiger partial charge in [0.15, 0.2) is 0 Å². The highest BCUT2D eigenvalue weighted by atomic mass is 16.5. The first-order valence-corrected chi connectivity index (χ1v) is 6.58. The third kappa shape index (κ3) is 2.56. The summed E-state index contributed by atoms with van der Waals surface area (Å²) in [6.45, 7) is 7.27. The van der Waals surface area contributed by atoms with E-state index >= 15 is 0 Å². The zero-order valence-corrected chi connectivity index (χ0v) is 11.3. The normalized spacial score (nSPS) is 24.3. The average molecular weight is 247 g/mol. The molecule has 2 unspecified atom stereocenters. The Kier molecular flexibility index (Phi) is 4.02. The number of amides is 1. The minimum atomic E-state index is -0.0114. The van der Waals surface area contributed by atoms with Gasteiger partial charge < -0.3 is 9.64 Å². The van der Waals surface area contributed by atoms with Gasteiger partial charge in [0, 0.05) is 12.5 Å². The Labute approximate surface area is 109 Å². The molecule has 0 radical (unpaired) electrons. The van der Waals surface area contributed by atoms with Gasteiger partial charge in [-0.05, 0) is 12.5 Å². The quantitative estimate of drug-likeness (QED) is 0.804. The maximum atomic E-state index is 12.2. The first-order valence-electron chi connectivity index (χ1n) is 6.58. The Morgan fingerprint density at radius 2 is 2.00 bits per heavy atom. The summed E-state index contributed by atoms with van der Waals surface area (Å²) in [6.07, 6.45) is -0.0114. The third-order valence-electron chi connectivity index (χ3n) is 3.46. The maximum absolute atomic E-state index is 12.2.